The molecule has 5 nitrogen and oxygen atoms in total. The molecule has 0 radical (unpaired) electrons. The first-order chi connectivity index (χ1) is 8.56. The predicted molar refractivity (Wildman–Crippen MR) is 68.3 cm³/mol. The van der Waals surface area contributed by atoms with Gasteiger partial charge in [0.05, 0.1) is 0 Å². The van der Waals surface area contributed by atoms with Crippen molar-refractivity contribution in [3.63, 3.8) is 0 Å². The molecule has 0 spiro atoms. The van der Waals surface area contributed by atoms with E-state index >= 15 is 0 Å². The van der Waals surface area contributed by atoms with E-state index in [1.165, 1.54) is 4.90 Å². The van der Waals surface area contributed by atoms with Gasteiger partial charge in [-0.15, -0.1) is 12.3 Å². The molecular formula is C13H14N2O3. The van der Waals surface area contributed by atoms with Gasteiger partial charge in [-0.1, -0.05) is 18.2 Å². The number of carboxylic acids is 1. The average Bonchev–Trinajstić information content (AvgIpc) is 2.38. The number of carbonyl (C=O) groups excluding carboxylic acids is 1. The summed E-state index contributed by atoms with van der Waals surface area (Å²) in [6.45, 7) is 0. The van der Waals surface area contributed by atoms with Gasteiger partial charge in [-0.05, 0) is 12.1 Å². The third-order valence-electron chi connectivity index (χ3n) is 2.37. The molecule has 94 valence electrons. The SMILES string of the molecule is C#CCC(NC(=O)N(C)c1ccccc1)C(=O)O. The first-order valence-electron chi connectivity index (χ1n) is 5.31. The van der Waals surface area contributed by atoms with Gasteiger partial charge in [-0.3, -0.25) is 4.90 Å². The summed E-state index contributed by atoms with van der Waals surface area (Å²) in [4.78, 5) is 24.0. The van der Waals surface area contributed by atoms with Crippen LogP contribution in [0, 0.1) is 12.3 Å². The van der Waals surface area contributed by atoms with Gasteiger partial charge < -0.3 is 10.4 Å². The molecule has 2 amide bonds. The van der Waals surface area contributed by atoms with Gasteiger partial charge >= 0.3 is 12.0 Å². The monoisotopic (exact) mass is 246 g/mol. The highest BCUT2D eigenvalue weighted by atomic mass is 16.4. The highest BCUT2D eigenvalue weighted by Crippen LogP contribution is 2.11. The fourth-order valence-electron chi connectivity index (χ4n) is 1.33. The van der Waals surface area contributed by atoms with Crippen molar-refractivity contribution in [3.8, 4) is 12.3 Å². The molecule has 0 heterocycles. The largest absolute Gasteiger partial charge is 0.480 e. The fraction of sp³-hybridized carbons (Fsp3) is 0.231. The molecule has 18 heavy (non-hydrogen) atoms. The van der Waals surface area contributed by atoms with Crippen LogP contribution in [0.15, 0.2) is 30.3 Å². The molecule has 0 aliphatic heterocycles. The van der Waals surface area contributed by atoms with Crippen molar-refractivity contribution >= 4 is 17.7 Å². The maximum Gasteiger partial charge on any atom is 0.327 e. The van der Waals surface area contributed by atoms with Crippen molar-refractivity contribution in [2.24, 2.45) is 0 Å². The molecule has 1 aromatic rings. The van der Waals surface area contributed by atoms with E-state index in [0.29, 0.717) is 5.69 Å². The number of urea groups is 1. The normalized spacial score (nSPS) is 11.1. The topological polar surface area (TPSA) is 69.6 Å². The molecule has 0 aliphatic carbocycles. The fourth-order valence-corrected chi connectivity index (χ4v) is 1.33. The number of hydrogen-bond donors (Lipinski definition) is 2. The van der Waals surface area contributed by atoms with Gasteiger partial charge in [0, 0.05) is 19.2 Å². The molecule has 1 unspecified atom stereocenters. The van der Waals surface area contributed by atoms with Crippen LogP contribution in [0.1, 0.15) is 6.42 Å². The summed E-state index contributed by atoms with van der Waals surface area (Å²) in [6.07, 6.45) is 5.00. The molecule has 0 bridgehead atoms. The van der Waals surface area contributed by atoms with E-state index < -0.39 is 18.0 Å². The molecule has 2 N–H and O–H groups in total. The first kappa shape index (κ1) is 13.6. The van der Waals surface area contributed by atoms with Crippen molar-refractivity contribution in [3.05, 3.63) is 30.3 Å². The van der Waals surface area contributed by atoms with E-state index in [2.05, 4.69) is 11.2 Å². The quantitative estimate of drug-likeness (QED) is 0.787. The molecule has 0 aliphatic rings. The van der Waals surface area contributed by atoms with Crippen LogP contribution in [-0.4, -0.2) is 30.2 Å². The average molecular weight is 246 g/mol. The highest BCUT2D eigenvalue weighted by molar-refractivity contribution is 5.94. The minimum atomic E-state index is -1.15. The van der Waals surface area contributed by atoms with E-state index in [-0.39, 0.29) is 6.42 Å². The number of hydrogen-bond acceptors (Lipinski definition) is 2. The standard InChI is InChI=1S/C13H14N2O3/c1-3-7-11(12(16)17)14-13(18)15(2)10-8-5-4-6-9-10/h1,4-6,8-9,11H,7H2,2H3,(H,14,18)(H,16,17). The number of anilines is 1. The summed E-state index contributed by atoms with van der Waals surface area (Å²) in [5, 5.41) is 11.2. The van der Waals surface area contributed by atoms with Crippen LogP contribution < -0.4 is 10.2 Å². The van der Waals surface area contributed by atoms with Crippen LogP contribution in [0.2, 0.25) is 0 Å². The number of carbonyl (C=O) groups is 2. The molecule has 1 aromatic carbocycles. The summed E-state index contributed by atoms with van der Waals surface area (Å²) < 4.78 is 0. The molecule has 0 aromatic heterocycles. The Bertz CT molecular complexity index is 465. The molecule has 1 rings (SSSR count). The van der Waals surface area contributed by atoms with E-state index in [1.807, 2.05) is 6.07 Å². The summed E-state index contributed by atoms with van der Waals surface area (Å²) >= 11 is 0. The first-order valence-corrected chi connectivity index (χ1v) is 5.31. The zero-order chi connectivity index (χ0) is 13.5. The maximum absolute atomic E-state index is 11.8. The number of benzene rings is 1. The number of aliphatic carboxylic acids is 1. The molecule has 0 fully saturated rings. The summed E-state index contributed by atoms with van der Waals surface area (Å²) in [5.41, 5.74) is 0.667. The van der Waals surface area contributed by atoms with Crippen LogP contribution in [0.5, 0.6) is 0 Å². The second-order valence-corrected chi connectivity index (χ2v) is 3.64. The summed E-state index contributed by atoms with van der Waals surface area (Å²) in [5.74, 6) is 1.07. The molecule has 0 saturated carbocycles. The number of amides is 2. The van der Waals surface area contributed by atoms with Gasteiger partial charge in [-0.25, -0.2) is 9.59 Å². The van der Waals surface area contributed by atoms with Crippen molar-refractivity contribution in [2.75, 3.05) is 11.9 Å². The van der Waals surface area contributed by atoms with Crippen molar-refractivity contribution < 1.29 is 14.7 Å². The summed E-state index contributed by atoms with van der Waals surface area (Å²) in [6, 6.07) is 7.31. The van der Waals surface area contributed by atoms with Crippen LogP contribution in [0.3, 0.4) is 0 Å². The van der Waals surface area contributed by atoms with E-state index in [4.69, 9.17) is 11.5 Å². The number of terminal acetylenes is 1. The van der Waals surface area contributed by atoms with E-state index in [0.717, 1.165) is 0 Å². The van der Waals surface area contributed by atoms with E-state index in [9.17, 15) is 9.59 Å². The Morgan fingerprint density at radius 1 is 1.44 bits per heavy atom. The van der Waals surface area contributed by atoms with E-state index in [1.54, 1.807) is 31.3 Å². The van der Waals surface area contributed by atoms with Crippen molar-refractivity contribution in [2.45, 2.75) is 12.5 Å². The van der Waals surface area contributed by atoms with Crippen molar-refractivity contribution in [1.29, 1.82) is 0 Å². The van der Waals surface area contributed by atoms with Gasteiger partial charge in [0.1, 0.15) is 6.04 Å². The Morgan fingerprint density at radius 3 is 2.56 bits per heavy atom. The molecule has 0 saturated heterocycles. The zero-order valence-corrected chi connectivity index (χ0v) is 9.96. The molecule has 1 atom stereocenters. The number of carboxylic acid groups (broad SMARTS) is 1. The second kappa shape index (κ2) is 6.30. The summed E-state index contributed by atoms with van der Waals surface area (Å²) in [7, 11) is 1.56. The third kappa shape index (κ3) is 3.52. The third-order valence-corrected chi connectivity index (χ3v) is 2.37. The Morgan fingerprint density at radius 2 is 2.06 bits per heavy atom. The van der Waals surface area contributed by atoms with Gasteiger partial charge in [0.15, 0.2) is 0 Å². The zero-order valence-electron chi connectivity index (χ0n) is 9.96. The molecule has 5 heteroatoms. The smallest absolute Gasteiger partial charge is 0.327 e. The Balaban J connectivity index is 2.70. The Kier molecular flexibility index (Phi) is 4.76. The highest BCUT2D eigenvalue weighted by Gasteiger charge is 2.21. The lowest BCUT2D eigenvalue weighted by Gasteiger charge is -2.20. The van der Waals surface area contributed by atoms with Crippen LogP contribution in [-0.2, 0) is 4.79 Å². The lowest BCUT2D eigenvalue weighted by Crippen LogP contribution is -2.46. The predicted octanol–water partition coefficient (Wildman–Crippen LogP) is 1.31. The number of para-hydroxylation sites is 1. The lowest BCUT2D eigenvalue weighted by atomic mass is 10.2. The molecular weight excluding hydrogens is 232 g/mol. The Hall–Kier alpha value is -2.48. The van der Waals surface area contributed by atoms with Gasteiger partial charge in [0.25, 0.3) is 0 Å². The minimum Gasteiger partial charge on any atom is -0.480 e. The number of nitrogens with zero attached hydrogens (tertiary/aromatic N) is 1. The van der Waals surface area contributed by atoms with Crippen LogP contribution in [0.25, 0.3) is 0 Å². The Labute approximate surface area is 105 Å². The second-order valence-electron chi connectivity index (χ2n) is 3.64. The maximum atomic E-state index is 11.8. The van der Waals surface area contributed by atoms with Gasteiger partial charge in [0.2, 0.25) is 0 Å². The van der Waals surface area contributed by atoms with Gasteiger partial charge in [-0.2, -0.15) is 0 Å². The van der Waals surface area contributed by atoms with Crippen LogP contribution >= 0.6 is 0 Å². The lowest BCUT2D eigenvalue weighted by molar-refractivity contribution is -0.139. The van der Waals surface area contributed by atoms with Crippen molar-refractivity contribution in [1.82, 2.24) is 5.32 Å². The number of rotatable bonds is 4. The number of nitrogens with one attached hydrogen (secondary N) is 1. The van der Waals surface area contributed by atoms with Crippen LogP contribution in [0.4, 0.5) is 10.5 Å². The minimum absolute atomic E-state index is 0.0519.